The largest absolute Gasteiger partial charge is 0.435 e. The number of hydrogen-bond acceptors (Lipinski definition) is 3. The Labute approximate surface area is 145 Å². The third-order valence-corrected chi connectivity index (χ3v) is 5.40. The molecule has 1 amide bonds. The van der Waals surface area contributed by atoms with E-state index < -0.39 is 11.9 Å². The standard InChI is InChI=1S/C17H25F3N4O/c1-12(16(25)21-13-4-2-3-5-13)23-9-6-14(7-10-23)24-11-8-15(22-24)17(18,19)20/h8,11-14H,2-7,9-10H2,1H3,(H,21,25). The Morgan fingerprint density at radius 2 is 1.88 bits per heavy atom. The first-order valence-electron chi connectivity index (χ1n) is 9.01. The zero-order valence-corrected chi connectivity index (χ0v) is 14.4. The molecule has 2 heterocycles. The normalized spacial score (nSPS) is 22.2. The minimum atomic E-state index is -4.40. The fourth-order valence-corrected chi connectivity index (χ4v) is 3.79. The lowest BCUT2D eigenvalue weighted by molar-refractivity contribution is -0.141. The highest BCUT2D eigenvalue weighted by molar-refractivity contribution is 5.81. The summed E-state index contributed by atoms with van der Waals surface area (Å²) in [6, 6.07) is 1.07. The maximum atomic E-state index is 12.7. The Hall–Kier alpha value is -1.57. The number of nitrogens with one attached hydrogen (secondary N) is 1. The van der Waals surface area contributed by atoms with E-state index >= 15 is 0 Å². The topological polar surface area (TPSA) is 50.2 Å². The van der Waals surface area contributed by atoms with Gasteiger partial charge in [0, 0.05) is 25.3 Å². The molecular formula is C17H25F3N4O. The number of nitrogens with zero attached hydrogens (tertiary/aromatic N) is 3. The van der Waals surface area contributed by atoms with Gasteiger partial charge in [-0.3, -0.25) is 14.4 Å². The van der Waals surface area contributed by atoms with Crippen molar-refractivity contribution in [1.82, 2.24) is 20.0 Å². The number of carbonyl (C=O) groups is 1. The van der Waals surface area contributed by atoms with Gasteiger partial charge in [0.05, 0.1) is 12.1 Å². The van der Waals surface area contributed by atoms with E-state index in [1.165, 1.54) is 23.7 Å². The van der Waals surface area contributed by atoms with E-state index in [2.05, 4.69) is 15.3 Å². The van der Waals surface area contributed by atoms with Crippen molar-refractivity contribution in [2.24, 2.45) is 0 Å². The summed E-state index contributed by atoms with van der Waals surface area (Å²) in [6.45, 7) is 3.27. The Kier molecular flexibility index (Phi) is 5.36. The summed E-state index contributed by atoms with van der Waals surface area (Å²) in [7, 11) is 0. The van der Waals surface area contributed by atoms with E-state index in [4.69, 9.17) is 0 Å². The lowest BCUT2D eigenvalue weighted by atomic mass is 10.0. The molecule has 1 aliphatic carbocycles. The molecule has 3 rings (SSSR count). The second-order valence-corrected chi connectivity index (χ2v) is 7.11. The quantitative estimate of drug-likeness (QED) is 0.900. The average molecular weight is 358 g/mol. The zero-order chi connectivity index (χ0) is 18.0. The van der Waals surface area contributed by atoms with Gasteiger partial charge in [0.25, 0.3) is 0 Å². The van der Waals surface area contributed by atoms with Crippen LogP contribution in [0.3, 0.4) is 0 Å². The number of rotatable bonds is 4. The summed E-state index contributed by atoms with van der Waals surface area (Å²) in [4.78, 5) is 14.5. The van der Waals surface area contributed by atoms with Gasteiger partial charge in [-0.05, 0) is 38.7 Å². The molecule has 25 heavy (non-hydrogen) atoms. The van der Waals surface area contributed by atoms with Gasteiger partial charge >= 0.3 is 6.18 Å². The van der Waals surface area contributed by atoms with Crippen molar-refractivity contribution in [3.8, 4) is 0 Å². The Morgan fingerprint density at radius 3 is 2.44 bits per heavy atom. The monoisotopic (exact) mass is 358 g/mol. The molecule has 8 heteroatoms. The minimum Gasteiger partial charge on any atom is -0.352 e. The Balaban J connectivity index is 1.51. The molecule has 2 fully saturated rings. The molecule has 0 radical (unpaired) electrons. The summed E-state index contributed by atoms with van der Waals surface area (Å²) >= 11 is 0. The fraction of sp³-hybridized carbons (Fsp3) is 0.765. The molecule has 5 nitrogen and oxygen atoms in total. The lowest BCUT2D eigenvalue weighted by Crippen LogP contribution is -2.50. The van der Waals surface area contributed by atoms with Gasteiger partial charge in [0.15, 0.2) is 5.69 Å². The van der Waals surface area contributed by atoms with Crippen LogP contribution in [0.1, 0.15) is 57.2 Å². The number of amides is 1. The van der Waals surface area contributed by atoms with Gasteiger partial charge < -0.3 is 5.32 Å². The van der Waals surface area contributed by atoms with E-state index in [-0.39, 0.29) is 18.0 Å². The molecule has 1 saturated heterocycles. The van der Waals surface area contributed by atoms with E-state index in [0.29, 0.717) is 32.0 Å². The summed E-state index contributed by atoms with van der Waals surface area (Å²) < 4.78 is 39.4. The molecule has 1 unspecified atom stereocenters. The van der Waals surface area contributed by atoms with Crippen molar-refractivity contribution < 1.29 is 18.0 Å². The predicted octanol–water partition coefficient (Wildman–Crippen LogP) is 2.99. The number of aromatic nitrogens is 2. The summed E-state index contributed by atoms with van der Waals surface area (Å²) in [5, 5.41) is 6.79. The second-order valence-electron chi connectivity index (χ2n) is 7.11. The van der Waals surface area contributed by atoms with Crippen molar-refractivity contribution in [2.45, 2.75) is 69.8 Å². The minimum absolute atomic E-state index is 0.0440. The predicted molar refractivity (Wildman–Crippen MR) is 86.9 cm³/mol. The fourth-order valence-electron chi connectivity index (χ4n) is 3.79. The number of likely N-dealkylation sites (tertiary alicyclic amines) is 1. The van der Waals surface area contributed by atoms with Gasteiger partial charge in [-0.1, -0.05) is 12.8 Å². The van der Waals surface area contributed by atoms with Crippen LogP contribution < -0.4 is 5.32 Å². The molecule has 1 aromatic heterocycles. The highest BCUT2D eigenvalue weighted by atomic mass is 19.4. The molecule has 1 atom stereocenters. The van der Waals surface area contributed by atoms with Gasteiger partial charge in [0.2, 0.25) is 5.91 Å². The van der Waals surface area contributed by atoms with Crippen molar-refractivity contribution in [3.05, 3.63) is 18.0 Å². The van der Waals surface area contributed by atoms with E-state index in [0.717, 1.165) is 18.9 Å². The van der Waals surface area contributed by atoms with E-state index in [1.807, 2.05) is 6.92 Å². The van der Waals surface area contributed by atoms with Crippen molar-refractivity contribution in [3.63, 3.8) is 0 Å². The van der Waals surface area contributed by atoms with Crippen LogP contribution in [-0.2, 0) is 11.0 Å². The number of piperidine rings is 1. The third-order valence-electron chi connectivity index (χ3n) is 5.40. The molecule has 1 saturated carbocycles. The van der Waals surface area contributed by atoms with Gasteiger partial charge in [-0.15, -0.1) is 0 Å². The first kappa shape index (κ1) is 18.2. The summed E-state index contributed by atoms with van der Waals surface area (Å²) in [6.07, 6.45) is 2.85. The number of halogens is 3. The molecule has 1 aromatic rings. The van der Waals surface area contributed by atoms with Crippen molar-refractivity contribution in [2.75, 3.05) is 13.1 Å². The highest BCUT2D eigenvalue weighted by Gasteiger charge is 2.35. The number of alkyl halides is 3. The van der Waals surface area contributed by atoms with Gasteiger partial charge in [-0.2, -0.15) is 18.3 Å². The maximum absolute atomic E-state index is 12.7. The molecule has 0 aromatic carbocycles. The van der Waals surface area contributed by atoms with Crippen LogP contribution >= 0.6 is 0 Å². The van der Waals surface area contributed by atoms with Crippen molar-refractivity contribution in [1.29, 1.82) is 0 Å². The van der Waals surface area contributed by atoms with Crippen LogP contribution in [-0.4, -0.2) is 45.8 Å². The highest BCUT2D eigenvalue weighted by Crippen LogP contribution is 2.30. The van der Waals surface area contributed by atoms with Crippen LogP contribution in [0.4, 0.5) is 13.2 Å². The molecule has 0 bridgehead atoms. The first-order chi connectivity index (χ1) is 11.8. The van der Waals surface area contributed by atoms with Crippen LogP contribution in [0.25, 0.3) is 0 Å². The third kappa shape index (κ3) is 4.34. The number of hydrogen-bond donors (Lipinski definition) is 1. The smallest absolute Gasteiger partial charge is 0.352 e. The van der Waals surface area contributed by atoms with Gasteiger partial charge in [0.1, 0.15) is 0 Å². The molecule has 2 aliphatic rings. The van der Waals surface area contributed by atoms with Crippen LogP contribution in [0.15, 0.2) is 12.3 Å². The van der Waals surface area contributed by atoms with Crippen LogP contribution in [0.2, 0.25) is 0 Å². The second kappa shape index (κ2) is 7.35. The average Bonchev–Trinajstić information content (AvgIpc) is 3.25. The van der Waals surface area contributed by atoms with Crippen LogP contribution in [0.5, 0.6) is 0 Å². The van der Waals surface area contributed by atoms with Crippen molar-refractivity contribution >= 4 is 5.91 Å². The molecule has 1 N–H and O–H groups in total. The van der Waals surface area contributed by atoms with E-state index in [1.54, 1.807) is 0 Å². The summed E-state index contributed by atoms with van der Waals surface area (Å²) in [5.41, 5.74) is -0.848. The molecular weight excluding hydrogens is 333 g/mol. The maximum Gasteiger partial charge on any atom is 0.435 e. The molecule has 140 valence electrons. The van der Waals surface area contributed by atoms with Crippen LogP contribution in [0, 0.1) is 0 Å². The van der Waals surface area contributed by atoms with Gasteiger partial charge in [-0.25, -0.2) is 0 Å². The first-order valence-corrected chi connectivity index (χ1v) is 9.01. The summed E-state index contributed by atoms with van der Waals surface area (Å²) in [5.74, 6) is 0.0591. The zero-order valence-electron chi connectivity index (χ0n) is 14.4. The number of carbonyl (C=O) groups excluding carboxylic acids is 1. The van der Waals surface area contributed by atoms with E-state index in [9.17, 15) is 18.0 Å². The molecule has 1 aliphatic heterocycles. The Morgan fingerprint density at radius 1 is 1.24 bits per heavy atom. The molecule has 0 spiro atoms. The SMILES string of the molecule is CC(C(=O)NC1CCCC1)N1CCC(n2ccc(C(F)(F)F)n2)CC1. The Bertz CT molecular complexity index is 587. The lowest BCUT2D eigenvalue weighted by Gasteiger charge is -2.35.